The highest BCUT2D eigenvalue weighted by atomic mass is 16.5. The third-order valence-corrected chi connectivity index (χ3v) is 1.87. The summed E-state index contributed by atoms with van der Waals surface area (Å²) in [6.45, 7) is 3.58. The maximum Gasteiger partial charge on any atom is 0.411 e. The van der Waals surface area contributed by atoms with Crippen LogP contribution in [-0.2, 0) is 4.79 Å². The second-order valence-corrected chi connectivity index (χ2v) is 3.02. The number of ether oxygens (including phenoxy) is 1. The van der Waals surface area contributed by atoms with Gasteiger partial charge in [-0.3, -0.25) is 4.90 Å². The zero-order valence-electron chi connectivity index (χ0n) is 10.6. The molecule has 6 nitrogen and oxygen atoms in total. The lowest BCUT2D eigenvalue weighted by atomic mass is 10.3. The van der Waals surface area contributed by atoms with Gasteiger partial charge in [-0.05, 0) is 24.3 Å². The van der Waals surface area contributed by atoms with E-state index in [0.29, 0.717) is 11.4 Å². The summed E-state index contributed by atoms with van der Waals surface area (Å²) in [7, 11) is 1.41. The highest BCUT2D eigenvalue weighted by Gasteiger charge is 2.08. The summed E-state index contributed by atoms with van der Waals surface area (Å²) in [6.07, 6.45) is -1.07. The maximum absolute atomic E-state index is 10.6. The second-order valence-electron chi connectivity index (χ2n) is 3.02. The van der Waals surface area contributed by atoms with Crippen LogP contribution in [0.3, 0.4) is 0 Å². The molecule has 6 heteroatoms. The number of carboxylic acid groups (broad SMARTS) is 2. The van der Waals surface area contributed by atoms with Gasteiger partial charge in [0.25, 0.3) is 0 Å². The predicted molar refractivity (Wildman–Crippen MR) is 67.3 cm³/mol. The van der Waals surface area contributed by atoms with Crippen molar-refractivity contribution < 1.29 is 24.5 Å². The van der Waals surface area contributed by atoms with Crippen LogP contribution in [0.5, 0.6) is 5.75 Å². The zero-order valence-corrected chi connectivity index (χ0v) is 10.6. The van der Waals surface area contributed by atoms with Crippen LogP contribution >= 0.6 is 0 Å². The molecule has 2 N–H and O–H groups in total. The Bertz CT molecular complexity index is 388. The SMILES string of the molecule is CC.CN(C(=O)O)c1ccc(OCC(=O)O)cc1. The van der Waals surface area contributed by atoms with Crippen molar-refractivity contribution in [2.24, 2.45) is 0 Å². The Morgan fingerprint density at radius 2 is 1.67 bits per heavy atom. The van der Waals surface area contributed by atoms with E-state index in [-0.39, 0.29) is 0 Å². The largest absolute Gasteiger partial charge is 0.482 e. The van der Waals surface area contributed by atoms with Crippen LogP contribution in [0.25, 0.3) is 0 Å². The Hall–Kier alpha value is -2.24. The number of nitrogens with zero attached hydrogens (tertiary/aromatic N) is 1. The van der Waals surface area contributed by atoms with Gasteiger partial charge in [-0.1, -0.05) is 13.8 Å². The third-order valence-electron chi connectivity index (χ3n) is 1.87. The summed E-state index contributed by atoms with van der Waals surface area (Å²) in [6, 6.07) is 6.09. The van der Waals surface area contributed by atoms with Crippen LogP contribution in [0.2, 0.25) is 0 Å². The van der Waals surface area contributed by atoms with E-state index in [2.05, 4.69) is 0 Å². The van der Waals surface area contributed by atoms with E-state index in [4.69, 9.17) is 14.9 Å². The van der Waals surface area contributed by atoms with Gasteiger partial charge in [-0.2, -0.15) is 0 Å². The summed E-state index contributed by atoms with van der Waals surface area (Å²) in [5.41, 5.74) is 0.482. The van der Waals surface area contributed by atoms with Crippen LogP contribution in [0, 0.1) is 0 Å². The highest BCUT2D eigenvalue weighted by molar-refractivity contribution is 5.85. The van der Waals surface area contributed by atoms with Crippen molar-refractivity contribution in [2.45, 2.75) is 13.8 Å². The summed E-state index contributed by atoms with van der Waals surface area (Å²) in [5.74, 6) is -0.684. The van der Waals surface area contributed by atoms with Gasteiger partial charge in [0.15, 0.2) is 6.61 Å². The van der Waals surface area contributed by atoms with E-state index in [1.165, 1.54) is 31.3 Å². The van der Waals surface area contributed by atoms with Crippen molar-refractivity contribution >= 4 is 17.7 Å². The summed E-state index contributed by atoms with van der Waals surface area (Å²) < 4.78 is 4.90. The fourth-order valence-electron chi connectivity index (χ4n) is 1.02. The van der Waals surface area contributed by atoms with Gasteiger partial charge in [-0.25, -0.2) is 9.59 Å². The second kappa shape index (κ2) is 7.94. The quantitative estimate of drug-likeness (QED) is 0.861. The topological polar surface area (TPSA) is 87.1 Å². The summed E-state index contributed by atoms with van der Waals surface area (Å²) in [5, 5.41) is 17.1. The van der Waals surface area contributed by atoms with E-state index in [1.54, 1.807) is 0 Å². The molecule has 1 amide bonds. The van der Waals surface area contributed by atoms with E-state index in [9.17, 15) is 9.59 Å². The molecule has 0 aliphatic rings. The van der Waals surface area contributed by atoms with E-state index >= 15 is 0 Å². The molecule has 0 unspecified atom stereocenters. The van der Waals surface area contributed by atoms with Gasteiger partial charge in [0, 0.05) is 12.7 Å². The first-order valence-corrected chi connectivity index (χ1v) is 5.42. The Kier molecular flexibility index (Phi) is 6.95. The number of benzene rings is 1. The van der Waals surface area contributed by atoms with Gasteiger partial charge < -0.3 is 14.9 Å². The molecule has 100 valence electrons. The Morgan fingerprint density at radius 3 is 2.06 bits per heavy atom. The van der Waals surface area contributed by atoms with Crippen molar-refractivity contribution in [3.05, 3.63) is 24.3 Å². The minimum Gasteiger partial charge on any atom is -0.482 e. The molecule has 0 aromatic heterocycles. The van der Waals surface area contributed by atoms with Crippen molar-refractivity contribution in [2.75, 3.05) is 18.6 Å². The molecule has 1 aromatic carbocycles. The Balaban J connectivity index is 0.00000137. The summed E-state index contributed by atoms with van der Waals surface area (Å²) in [4.78, 5) is 21.9. The molecule has 0 aliphatic carbocycles. The molecule has 0 heterocycles. The molecular weight excluding hydrogens is 238 g/mol. The molecular formula is C12H17NO5. The zero-order chi connectivity index (χ0) is 14.1. The van der Waals surface area contributed by atoms with Crippen LogP contribution in [0.4, 0.5) is 10.5 Å². The van der Waals surface area contributed by atoms with Crippen molar-refractivity contribution in [1.82, 2.24) is 0 Å². The van der Waals surface area contributed by atoms with Gasteiger partial charge in [0.05, 0.1) is 0 Å². The van der Waals surface area contributed by atoms with Crippen molar-refractivity contribution in [1.29, 1.82) is 0 Å². The molecule has 0 saturated carbocycles. The number of carbonyl (C=O) groups is 2. The first-order valence-electron chi connectivity index (χ1n) is 5.42. The van der Waals surface area contributed by atoms with E-state index < -0.39 is 18.7 Å². The lowest BCUT2D eigenvalue weighted by molar-refractivity contribution is -0.139. The molecule has 0 saturated heterocycles. The number of carboxylic acids is 1. The summed E-state index contributed by atoms with van der Waals surface area (Å²) >= 11 is 0. The van der Waals surface area contributed by atoms with E-state index in [0.717, 1.165) is 4.90 Å². The maximum atomic E-state index is 10.6. The van der Waals surface area contributed by atoms with Gasteiger partial charge in [0.2, 0.25) is 0 Å². The molecule has 0 spiro atoms. The molecule has 0 aliphatic heterocycles. The number of rotatable bonds is 4. The molecule has 1 rings (SSSR count). The predicted octanol–water partition coefficient (Wildman–Crippen LogP) is 2.29. The van der Waals surface area contributed by atoms with Crippen LogP contribution < -0.4 is 9.64 Å². The Labute approximate surface area is 105 Å². The average molecular weight is 255 g/mol. The normalized spacial score (nSPS) is 8.83. The van der Waals surface area contributed by atoms with Crippen molar-refractivity contribution in [3.63, 3.8) is 0 Å². The standard InChI is InChI=1S/C10H11NO5.C2H6/c1-11(10(14)15)7-2-4-8(5-3-7)16-6-9(12)13;1-2/h2-5H,6H2,1H3,(H,12,13)(H,14,15);1-2H3. The molecule has 0 fully saturated rings. The smallest absolute Gasteiger partial charge is 0.411 e. The van der Waals surface area contributed by atoms with Gasteiger partial charge >= 0.3 is 12.1 Å². The van der Waals surface area contributed by atoms with Gasteiger partial charge in [0.1, 0.15) is 5.75 Å². The number of hydrogen-bond donors (Lipinski definition) is 2. The molecule has 0 atom stereocenters. The molecule has 18 heavy (non-hydrogen) atoms. The highest BCUT2D eigenvalue weighted by Crippen LogP contribution is 2.18. The monoisotopic (exact) mass is 255 g/mol. The number of amides is 1. The number of anilines is 1. The van der Waals surface area contributed by atoms with Crippen LogP contribution in [-0.4, -0.2) is 35.9 Å². The molecule has 0 radical (unpaired) electrons. The van der Waals surface area contributed by atoms with Gasteiger partial charge in [-0.15, -0.1) is 0 Å². The molecule has 1 aromatic rings. The van der Waals surface area contributed by atoms with Crippen LogP contribution in [0.1, 0.15) is 13.8 Å². The fraction of sp³-hybridized carbons (Fsp3) is 0.333. The minimum absolute atomic E-state index is 0.380. The molecule has 0 bridgehead atoms. The van der Waals surface area contributed by atoms with E-state index in [1.807, 2.05) is 13.8 Å². The Morgan fingerprint density at radius 1 is 1.17 bits per heavy atom. The minimum atomic E-state index is -1.07. The first-order chi connectivity index (χ1) is 8.50. The fourth-order valence-corrected chi connectivity index (χ4v) is 1.02. The third kappa shape index (κ3) is 5.20. The number of hydrogen-bond acceptors (Lipinski definition) is 3. The lowest BCUT2D eigenvalue weighted by Crippen LogP contribution is -2.23. The lowest BCUT2D eigenvalue weighted by Gasteiger charge is -2.13. The average Bonchev–Trinajstić information content (AvgIpc) is 2.38. The van der Waals surface area contributed by atoms with Crippen LogP contribution in [0.15, 0.2) is 24.3 Å². The van der Waals surface area contributed by atoms with Crippen molar-refractivity contribution in [3.8, 4) is 5.75 Å². The first kappa shape index (κ1) is 15.8. The number of aliphatic carboxylic acids is 1.